The lowest BCUT2D eigenvalue weighted by Gasteiger charge is -2.37. The van der Waals surface area contributed by atoms with Crippen LogP contribution < -0.4 is 10.6 Å². The van der Waals surface area contributed by atoms with Crippen molar-refractivity contribution in [2.75, 3.05) is 19.6 Å². The SMILES string of the molecule is CCCC1(CNC(=O)C2CC2C)CCNCC1. The summed E-state index contributed by atoms with van der Waals surface area (Å²) in [6.45, 7) is 7.52. The molecule has 2 rings (SSSR count). The van der Waals surface area contributed by atoms with Gasteiger partial charge in [0.2, 0.25) is 5.91 Å². The zero-order chi connectivity index (χ0) is 12.3. The number of hydrogen-bond donors (Lipinski definition) is 2. The van der Waals surface area contributed by atoms with Crippen molar-refractivity contribution in [3.8, 4) is 0 Å². The second-order valence-corrected chi connectivity index (χ2v) is 6.04. The highest BCUT2D eigenvalue weighted by Crippen LogP contribution is 2.38. The Bertz CT molecular complexity index is 266. The molecule has 2 atom stereocenters. The Hall–Kier alpha value is -0.570. The molecule has 1 saturated heterocycles. The molecular formula is C14H26N2O. The first-order valence-corrected chi connectivity index (χ1v) is 7.15. The van der Waals surface area contributed by atoms with E-state index in [1.54, 1.807) is 0 Å². The fraction of sp³-hybridized carbons (Fsp3) is 0.929. The number of nitrogens with one attached hydrogen (secondary N) is 2. The summed E-state index contributed by atoms with van der Waals surface area (Å²) < 4.78 is 0. The first-order chi connectivity index (χ1) is 8.17. The molecule has 0 aromatic heterocycles. The molecule has 1 aliphatic heterocycles. The molecule has 2 aliphatic rings. The molecule has 1 amide bonds. The average Bonchev–Trinajstić information content (AvgIpc) is 3.05. The lowest BCUT2D eigenvalue weighted by atomic mass is 9.75. The fourth-order valence-corrected chi connectivity index (χ4v) is 3.10. The third-order valence-electron chi connectivity index (χ3n) is 4.53. The molecular weight excluding hydrogens is 212 g/mol. The number of piperidine rings is 1. The summed E-state index contributed by atoms with van der Waals surface area (Å²) in [7, 11) is 0. The van der Waals surface area contributed by atoms with Crippen LogP contribution in [-0.4, -0.2) is 25.5 Å². The van der Waals surface area contributed by atoms with Gasteiger partial charge in [0.1, 0.15) is 0 Å². The summed E-state index contributed by atoms with van der Waals surface area (Å²) >= 11 is 0. The van der Waals surface area contributed by atoms with Crippen LogP contribution >= 0.6 is 0 Å². The van der Waals surface area contributed by atoms with E-state index in [4.69, 9.17) is 0 Å². The summed E-state index contributed by atoms with van der Waals surface area (Å²) in [6.07, 6.45) is 5.97. The van der Waals surface area contributed by atoms with Crippen LogP contribution in [-0.2, 0) is 4.79 Å². The molecule has 0 bridgehead atoms. The Morgan fingerprint density at radius 1 is 1.41 bits per heavy atom. The van der Waals surface area contributed by atoms with E-state index in [9.17, 15) is 4.79 Å². The Labute approximate surface area is 105 Å². The van der Waals surface area contributed by atoms with E-state index in [2.05, 4.69) is 24.5 Å². The molecule has 0 aromatic carbocycles. The molecule has 98 valence electrons. The summed E-state index contributed by atoms with van der Waals surface area (Å²) in [5.74, 6) is 1.23. The van der Waals surface area contributed by atoms with Crippen molar-refractivity contribution in [1.82, 2.24) is 10.6 Å². The molecule has 2 unspecified atom stereocenters. The highest BCUT2D eigenvalue weighted by molar-refractivity contribution is 5.81. The maximum absolute atomic E-state index is 11.9. The van der Waals surface area contributed by atoms with Crippen molar-refractivity contribution in [2.45, 2.75) is 46.0 Å². The van der Waals surface area contributed by atoms with Gasteiger partial charge in [-0.3, -0.25) is 4.79 Å². The minimum Gasteiger partial charge on any atom is -0.355 e. The van der Waals surface area contributed by atoms with Gasteiger partial charge >= 0.3 is 0 Å². The Morgan fingerprint density at radius 2 is 2.06 bits per heavy atom. The second kappa shape index (κ2) is 5.38. The first-order valence-electron chi connectivity index (χ1n) is 7.15. The largest absolute Gasteiger partial charge is 0.355 e. The zero-order valence-corrected chi connectivity index (χ0v) is 11.2. The lowest BCUT2D eigenvalue weighted by molar-refractivity contribution is -0.123. The highest BCUT2D eigenvalue weighted by atomic mass is 16.2. The van der Waals surface area contributed by atoms with Crippen LogP contribution in [0.2, 0.25) is 0 Å². The minimum absolute atomic E-state index is 0.298. The van der Waals surface area contributed by atoms with Crippen molar-refractivity contribution in [3.63, 3.8) is 0 Å². The normalized spacial score (nSPS) is 30.9. The summed E-state index contributed by atoms with van der Waals surface area (Å²) in [6, 6.07) is 0. The molecule has 1 aliphatic carbocycles. The van der Waals surface area contributed by atoms with Crippen molar-refractivity contribution < 1.29 is 4.79 Å². The van der Waals surface area contributed by atoms with E-state index in [1.165, 1.54) is 25.7 Å². The molecule has 17 heavy (non-hydrogen) atoms. The first kappa shape index (κ1) is 12.9. The summed E-state index contributed by atoms with van der Waals surface area (Å²) in [5.41, 5.74) is 0.369. The maximum Gasteiger partial charge on any atom is 0.223 e. The van der Waals surface area contributed by atoms with Gasteiger partial charge in [0.05, 0.1) is 0 Å². The number of carbonyl (C=O) groups excluding carboxylic acids is 1. The van der Waals surface area contributed by atoms with Crippen LogP contribution in [0.1, 0.15) is 46.0 Å². The van der Waals surface area contributed by atoms with Gasteiger partial charge in [-0.1, -0.05) is 20.3 Å². The Kier molecular flexibility index (Phi) is 4.08. The molecule has 0 spiro atoms. The van der Waals surface area contributed by atoms with Crippen LogP contribution in [0.3, 0.4) is 0 Å². The number of hydrogen-bond acceptors (Lipinski definition) is 2. The van der Waals surface area contributed by atoms with Crippen molar-refractivity contribution in [3.05, 3.63) is 0 Å². The molecule has 2 fully saturated rings. The zero-order valence-electron chi connectivity index (χ0n) is 11.2. The van der Waals surface area contributed by atoms with E-state index in [-0.39, 0.29) is 0 Å². The van der Waals surface area contributed by atoms with Crippen LogP contribution in [0.25, 0.3) is 0 Å². The van der Waals surface area contributed by atoms with Crippen molar-refractivity contribution >= 4 is 5.91 Å². The van der Waals surface area contributed by atoms with Crippen LogP contribution in [0, 0.1) is 17.3 Å². The third-order valence-corrected chi connectivity index (χ3v) is 4.53. The molecule has 1 saturated carbocycles. The van der Waals surface area contributed by atoms with E-state index in [1.807, 2.05) is 0 Å². The lowest BCUT2D eigenvalue weighted by Crippen LogP contribution is -2.45. The van der Waals surface area contributed by atoms with Crippen LogP contribution in [0.15, 0.2) is 0 Å². The molecule has 0 radical (unpaired) electrons. The minimum atomic E-state index is 0.298. The smallest absolute Gasteiger partial charge is 0.223 e. The Morgan fingerprint density at radius 3 is 2.59 bits per heavy atom. The van der Waals surface area contributed by atoms with E-state index >= 15 is 0 Å². The maximum atomic E-state index is 11.9. The molecule has 3 nitrogen and oxygen atoms in total. The third kappa shape index (κ3) is 3.21. The standard InChI is InChI=1S/C14H26N2O/c1-3-4-14(5-7-15-8-6-14)10-16-13(17)12-9-11(12)2/h11-12,15H,3-10H2,1-2H3,(H,16,17). The van der Waals surface area contributed by atoms with E-state index in [0.29, 0.717) is 23.2 Å². The quantitative estimate of drug-likeness (QED) is 0.768. The molecule has 1 heterocycles. The number of amides is 1. The van der Waals surface area contributed by atoms with Gasteiger partial charge in [-0.25, -0.2) is 0 Å². The number of carbonyl (C=O) groups is 1. The highest BCUT2D eigenvalue weighted by Gasteiger charge is 2.40. The monoisotopic (exact) mass is 238 g/mol. The van der Waals surface area contributed by atoms with Crippen LogP contribution in [0.5, 0.6) is 0 Å². The average molecular weight is 238 g/mol. The summed E-state index contributed by atoms with van der Waals surface area (Å²) in [5, 5.41) is 6.62. The second-order valence-electron chi connectivity index (χ2n) is 6.04. The predicted octanol–water partition coefficient (Wildman–Crippen LogP) is 1.93. The van der Waals surface area contributed by atoms with E-state index in [0.717, 1.165) is 26.1 Å². The molecule has 2 N–H and O–H groups in total. The van der Waals surface area contributed by atoms with Gasteiger partial charge in [0.15, 0.2) is 0 Å². The van der Waals surface area contributed by atoms with Gasteiger partial charge in [0, 0.05) is 12.5 Å². The van der Waals surface area contributed by atoms with Crippen LogP contribution in [0.4, 0.5) is 0 Å². The summed E-state index contributed by atoms with van der Waals surface area (Å²) in [4.78, 5) is 11.9. The fourth-order valence-electron chi connectivity index (χ4n) is 3.10. The predicted molar refractivity (Wildman–Crippen MR) is 69.7 cm³/mol. The van der Waals surface area contributed by atoms with Crippen molar-refractivity contribution in [2.24, 2.45) is 17.3 Å². The van der Waals surface area contributed by atoms with Gasteiger partial charge in [-0.05, 0) is 50.1 Å². The number of rotatable bonds is 5. The molecule has 3 heteroatoms. The van der Waals surface area contributed by atoms with E-state index < -0.39 is 0 Å². The van der Waals surface area contributed by atoms with Gasteiger partial charge < -0.3 is 10.6 Å². The van der Waals surface area contributed by atoms with Gasteiger partial charge in [-0.15, -0.1) is 0 Å². The van der Waals surface area contributed by atoms with Gasteiger partial charge in [-0.2, -0.15) is 0 Å². The Balaban J connectivity index is 1.82. The topological polar surface area (TPSA) is 41.1 Å². The molecule has 0 aromatic rings. The van der Waals surface area contributed by atoms with Gasteiger partial charge in [0.25, 0.3) is 0 Å². The van der Waals surface area contributed by atoms with Crippen molar-refractivity contribution in [1.29, 1.82) is 0 Å².